The van der Waals surface area contributed by atoms with Gasteiger partial charge in [0.25, 0.3) is 9.84 Å². The summed E-state index contributed by atoms with van der Waals surface area (Å²) in [5.74, 6) is 1.03. The summed E-state index contributed by atoms with van der Waals surface area (Å²) < 4.78 is 61.8. The molecule has 142 valence electrons. The average molecular weight is 396 g/mol. The lowest BCUT2D eigenvalue weighted by Crippen LogP contribution is -2.24. The monoisotopic (exact) mass is 396 g/mol. The van der Waals surface area contributed by atoms with E-state index in [1.165, 1.54) is 18.2 Å². The van der Waals surface area contributed by atoms with Crippen LogP contribution in [0.3, 0.4) is 0 Å². The zero-order valence-corrected chi connectivity index (χ0v) is 14.7. The molecule has 0 aliphatic heterocycles. The van der Waals surface area contributed by atoms with Gasteiger partial charge in [0.2, 0.25) is 0 Å². The molecule has 27 heavy (non-hydrogen) atoms. The van der Waals surface area contributed by atoms with Crippen LogP contribution in [0.4, 0.5) is 18.9 Å². The summed E-state index contributed by atoms with van der Waals surface area (Å²) in [5, 5.41) is 9.57. The highest BCUT2D eigenvalue weighted by atomic mass is 32.2. The molecule has 3 aromatic rings. The van der Waals surface area contributed by atoms with Crippen LogP contribution in [-0.4, -0.2) is 35.7 Å². The van der Waals surface area contributed by atoms with Gasteiger partial charge in [0.1, 0.15) is 5.82 Å². The molecule has 0 spiro atoms. The maximum Gasteiger partial charge on any atom is 0.501 e. The van der Waals surface area contributed by atoms with Crippen LogP contribution in [0.25, 0.3) is 11.4 Å². The smallest absolute Gasteiger partial charge is 0.384 e. The van der Waals surface area contributed by atoms with Crippen LogP contribution < -0.4 is 5.32 Å². The van der Waals surface area contributed by atoms with Crippen molar-refractivity contribution in [3.05, 3.63) is 60.4 Å². The molecule has 3 rings (SSSR count). The lowest BCUT2D eigenvalue weighted by molar-refractivity contribution is -0.0435. The Morgan fingerprint density at radius 1 is 1.00 bits per heavy atom. The third-order valence-electron chi connectivity index (χ3n) is 3.72. The minimum atomic E-state index is -5.43. The molecule has 0 unspecified atom stereocenters. The number of sulfone groups is 1. The van der Waals surface area contributed by atoms with Gasteiger partial charge in [0, 0.05) is 18.5 Å². The van der Waals surface area contributed by atoms with Crippen LogP contribution in [0.1, 0.15) is 5.82 Å². The Hall–Kier alpha value is -2.88. The van der Waals surface area contributed by atoms with Gasteiger partial charge in [0.15, 0.2) is 5.82 Å². The maximum atomic E-state index is 12.8. The molecule has 0 atom stereocenters. The van der Waals surface area contributed by atoms with E-state index in [4.69, 9.17) is 0 Å². The molecule has 1 heterocycles. The number of anilines is 1. The molecule has 0 amide bonds. The van der Waals surface area contributed by atoms with Crippen molar-refractivity contribution in [3.8, 4) is 11.4 Å². The molecule has 0 saturated heterocycles. The first kappa shape index (κ1) is 18.9. The fraction of sp³-hybridized carbons (Fsp3) is 0.176. The zero-order chi connectivity index (χ0) is 19.5. The fourth-order valence-corrected chi connectivity index (χ4v) is 3.35. The average Bonchev–Trinajstić information content (AvgIpc) is 3.11. The number of nitrogens with zero attached hydrogens (tertiary/aromatic N) is 2. The van der Waals surface area contributed by atoms with Gasteiger partial charge >= 0.3 is 5.51 Å². The molecule has 10 heteroatoms. The Bertz CT molecular complexity index is 1020. The van der Waals surface area contributed by atoms with E-state index in [1.54, 1.807) is 0 Å². The van der Waals surface area contributed by atoms with Crippen molar-refractivity contribution >= 4 is 15.5 Å². The van der Waals surface area contributed by atoms with Gasteiger partial charge in [-0.05, 0) is 12.1 Å². The van der Waals surface area contributed by atoms with Crippen molar-refractivity contribution in [2.24, 2.45) is 0 Å². The highest BCUT2D eigenvalue weighted by Gasteiger charge is 2.47. The summed E-state index contributed by atoms with van der Waals surface area (Å²) in [6, 6.07) is 14.2. The van der Waals surface area contributed by atoms with Gasteiger partial charge in [-0.15, -0.1) is 0 Å². The molecule has 1 aromatic heterocycles. The Morgan fingerprint density at radius 2 is 1.67 bits per heavy atom. The van der Waals surface area contributed by atoms with E-state index in [-0.39, 0.29) is 12.2 Å². The van der Waals surface area contributed by atoms with E-state index >= 15 is 0 Å². The Kier molecular flexibility index (Phi) is 5.17. The Balaban J connectivity index is 1.70. The topological polar surface area (TPSA) is 87.7 Å². The van der Waals surface area contributed by atoms with Gasteiger partial charge in [-0.2, -0.15) is 18.3 Å². The van der Waals surface area contributed by atoms with Gasteiger partial charge in [-0.1, -0.05) is 42.5 Å². The van der Waals surface area contributed by atoms with E-state index in [0.29, 0.717) is 18.1 Å². The molecule has 2 aromatic carbocycles. The minimum absolute atomic E-state index is 0.113. The largest absolute Gasteiger partial charge is 0.501 e. The summed E-state index contributed by atoms with van der Waals surface area (Å²) in [5.41, 5.74) is -4.65. The number of H-pyrrole nitrogens is 1. The summed E-state index contributed by atoms with van der Waals surface area (Å²) in [6.45, 7) is 0.174. The van der Waals surface area contributed by atoms with E-state index in [0.717, 1.165) is 11.6 Å². The second-order valence-electron chi connectivity index (χ2n) is 5.59. The second kappa shape index (κ2) is 7.39. The molecule has 0 aliphatic rings. The van der Waals surface area contributed by atoms with Gasteiger partial charge < -0.3 is 5.32 Å². The normalized spacial score (nSPS) is 12.1. The Labute approximate surface area is 153 Å². The number of hydrogen-bond donors (Lipinski definition) is 2. The van der Waals surface area contributed by atoms with Crippen LogP contribution in [0.15, 0.2) is 59.5 Å². The molecule has 2 N–H and O–H groups in total. The number of rotatable bonds is 6. The highest BCUT2D eigenvalue weighted by molar-refractivity contribution is 7.92. The SMILES string of the molecule is O=S(=O)(c1ccccc1NCCc1nc(-c2ccccc2)n[nH]1)C(F)(F)F. The quantitative estimate of drug-likeness (QED) is 0.667. The minimum Gasteiger partial charge on any atom is -0.384 e. The van der Waals surface area contributed by atoms with Gasteiger partial charge in [0.05, 0.1) is 10.6 Å². The molecule has 0 saturated carbocycles. The molecular formula is C17H15F3N4O2S. The van der Waals surface area contributed by atoms with Crippen LogP contribution in [0.2, 0.25) is 0 Å². The first-order valence-electron chi connectivity index (χ1n) is 7.90. The summed E-state index contributed by atoms with van der Waals surface area (Å²) in [7, 11) is -5.43. The lowest BCUT2D eigenvalue weighted by atomic mass is 10.2. The summed E-state index contributed by atoms with van der Waals surface area (Å²) >= 11 is 0. The molecule has 0 fully saturated rings. The van der Waals surface area contributed by atoms with Gasteiger partial charge in [-0.3, -0.25) is 5.10 Å². The van der Waals surface area contributed by atoms with Crippen LogP contribution in [0, 0.1) is 0 Å². The Morgan fingerprint density at radius 3 is 2.37 bits per heavy atom. The number of halogens is 3. The van der Waals surface area contributed by atoms with Crippen LogP contribution in [0.5, 0.6) is 0 Å². The van der Waals surface area contributed by atoms with Crippen molar-refractivity contribution in [1.29, 1.82) is 0 Å². The van der Waals surface area contributed by atoms with Crippen molar-refractivity contribution in [3.63, 3.8) is 0 Å². The summed E-state index contributed by atoms with van der Waals surface area (Å²) in [6.07, 6.45) is 0.320. The van der Waals surface area contributed by atoms with E-state index in [1.807, 2.05) is 30.3 Å². The number of para-hydroxylation sites is 1. The van der Waals surface area contributed by atoms with Crippen molar-refractivity contribution < 1.29 is 21.6 Å². The number of hydrogen-bond acceptors (Lipinski definition) is 5. The predicted octanol–water partition coefficient (Wildman–Crippen LogP) is 3.42. The van der Waals surface area contributed by atoms with Crippen molar-refractivity contribution in [2.45, 2.75) is 16.8 Å². The third kappa shape index (κ3) is 4.11. The number of alkyl halides is 3. The van der Waals surface area contributed by atoms with Crippen LogP contribution in [-0.2, 0) is 16.3 Å². The second-order valence-corrected chi connectivity index (χ2v) is 7.50. The summed E-state index contributed by atoms with van der Waals surface area (Å²) in [4.78, 5) is 3.51. The molecule has 0 radical (unpaired) electrons. The number of nitrogens with one attached hydrogen (secondary N) is 2. The number of aromatic nitrogens is 3. The third-order valence-corrected chi connectivity index (χ3v) is 5.27. The molecule has 6 nitrogen and oxygen atoms in total. The predicted molar refractivity (Wildman–Crippen MR) is 93.7 cm³/mol. The molecule has 0 aliphatic carbocycles. The molecule has 0 bridgehead atoms. The zero-order valence-electron chi connectivity index (χ0n) is 13.9. The number of benzene rings is 2. The standard InChI is InChI=1S/C17H15F3N4O2S/c18-17(19,20)27(25,26)14-9-5-4-8-13(14)21-11-10-15-22-16(24-23-15)12-6-2-1-3-7-12/h1-9,21H,10-11H2,(H,22,23,24). The highest BCUT2D eigenvalue weighted by Crippen LogP contribution is 2.34. The molecular weight excluding hydrogens is 381 g/mol. The van der Waals surface area contributed by atoms with Gasteiger partial charge in [-0.25, -0.2) is 13.4 Å². The first-order chi connectivity index (χ1) is 12.8. The fourth-order valence-electron chi connectivity index (χ4n) is 2.41. The lowest BCUT2D eigenvalue weighted by Gasteiger charge is -2.13. The van der Waals surface area contributed by atoms with E-state index < -0.39 is 20.2 Å². The maximum absolute atomic E-state index is 12.8. The van der Waals surface area contributed by atoms with E-state index in [2.05, 4.69) is 20.5 Å². The van der Waals surface area contributed by atoms with Crippen molar-refractivity contribution in [2.75, 3.05) is 11.9 Å². The number of aromatic amines is 1. The first-order valence-corrected chi connectivity index (χ1v) is 9.38. The van der Waals surface area contributed by atoms with E-state index in [9.17, 15) is 21.6 Å². The van der Waals surface area contributed by atoms with Crippen molar-refractivity contribution in [1.82, 2.24) is 15.2 Å². The van der Waals surface area contributed by atoms with Crippen LogP contribution >= 0.6 is 0 Å².